The molecule has 1 saturated heterocycles. The highest BCUT2D eigenvalue weighted by Crippen LogP contribution is 2.26. The number of nitrogens with one attached hydrogen (secondary N) is 2. The number of benzene rings is 1. The molecule has 3 aromatic heterocycles. The minimum absolute atomic E-state index is 0.000320. The number of piperidine rings is 1. The van der Waals surface area contributed by atoms with E-state index >= 15 is 0 Å². The second-order valence-corrected chi connectivity index (χ2v) is 9.76. The molecule has 0 bridgehead atoms. The highest BCUT2D eigenvalue weighted by molar-refractivity contribution is 7.20. The predicted octanol–water partition coefficient (Wildman–Crippen LogP) is 3.18. The summed E-state index contributed by atoms with van der Waals surface area (Å²) in [5.41, 5.74) is 1.18. The average molecular weight is 478 g/mol. The summed E-state index contributed by atoms with van der Waals surface area (Å²) in [4.78, 5) is 28.4. The second-order valence-electron chi connectivity index (χ2n) is 8.67. The van der Waals surface area contributed by atoms with E-state index in [-0.39, 0.29) is 17.5 Å². The van der Waals surface area contributed by atoms with Crippen molar-refractivity contribution in [2.75, 3.05) is 23.3 Å². The van der Waals surface area contributed by atoms with Crippen molar-refractivity contribution in [1.29, 1.82) is 0 Å². The van der Waals surface area contributed by atoms with Crippen LogP contribution in [0, 0.1) is 6.92 Å². The first-order valence-electron chi connectivity index (χ1n) is 11.3. The van der Waals surface area contributed by atoms with Crippen molar-refractivity contribution in [1.82, 2.24) is 24.9 Å². The summed E-state index contributed by atoms with van der Waals surface area (Å²) in [5, 5.41) is 16.3. The van der Waals surface area contributed by atoms with Crippen LogP contribution in [0.5, 0.6) is 0 Å². The van der Waals surface area contributed by atoms with E-state index in [1.165, 1.54) is 16.0 Å². The van der Waals surface area contributed by atoms with Crippen LogP contribution in [0.1, 0.15) is 28.2 Å². The summed E-state index contributed by atoms with van der Waals surface area (Å²) >= 11 is 1.51. The Labute approximate surface area is 201 Å². The summed E-state index contributed by atoms with van der Waals surface area (Å²) in [6.07, 6.45) is 1.82. The van der Waals surface area contributed by atoms with Crippen molar-refractivity contribution in [3.05, 3.63) is 63.4 Å². The number of aryl methyl sites for hydroxylation is 3. The maximum Gasteiger partial charge on any atom is 0.290 e. The van der Waals surface area contributed by atoms with E-state index in [9.17, 15) is 9.59 Å². The van der Waals surface area contributed by atoms with Crippen molar-refractivity contribution in [2.45, 2.75) is 25.8 Å². The van der Waals surface area contributed by atoms with Gasteiger partial charge in [-0.15, -0.1) is 11.3 Å². The Hall–Kier alpha value is -3.66. The normalized spacial score (nSPS) is 16.1. The van der Waals surface area contributed by atoms with Crippen LogP contribution < -0.4 is 21.1 Å². The Morgan fingerprint density at radius 2 is 1.94 bits per heavy atom. The van der Waals surface area contributed by atoms with Gasteiger partial charge in [-0.1, -0.05) is 18.2 Å². The zero-order chi connectivity index (χ0) is 23.8. The van der Waals surface area contributed by atoms with Crippen molar-refractivity contribution in [3.8, 4) is 0 Å². The number of amides is 1. The number of aromatic nitrogens is 4. The van der Waals surface area contributed by atoms with Gasteiger partial charge >= 0.3 is 0 Å². The highest BCUT2D eigenvalue weighted by atomic mass is 32.1. The van der Waals surface area contributed by atoms with E-state index in [0.717, 1.165) is 40.0 Å². The van der Waals surface area contributed by atoms with Gasteiger partial charge in [-0.05, 0) is 37.3 Å². The van der Waals surface area contributed by atoms with E-state index in [1.807, 2.05) is 50.4 Å². The molecular formula is C24H27N7O2S. The molecule has 0 saturated carbocycles. The van der Waals surface area contributed by atoms with E-state index in [0.29, 0.717) is 23.9 Å². The SMILES string of the molecule is Cc1cc(Nc2cc(N3CCC[C@@H](NC(=O)c4cc5ccccc5s4)C3)nn(C)c2=O)nn1C. The Morgan fingerprint density at radius 1 is 1.12 bits per heavy atom. The average Bonchev–Trinajstić information content (AvgIpc) is 3.39. The lowest BCUT2D eigenvalue weighted by Gasteiger charge is -2.34. The molecule has 1 amide bonds. The van der Waals surface area contributed by atoms with Crippen molar-refractivity contribution >= 4 is 44.7 Å². The third kappa shape index (κ3) is 4.41. The number of rotatable bonds is 5. The van der Waals surface area contributed by atoms with Crippen molar-refractivity contribution < 1.29 is 4.79 Å². The first-order chi connectivity index (χ1) is 16.4. The maximum absolute atomic E-state index is 12.9. The Kier molecular flexibility index (Phi) is 5.82. The quantitative estimate of drug-likeness (QED) is 0.458. The zero-order valence-electron chi connectivity index (χ0n) is 19.4. The largest absolute Gasteiger partial charge is 0.353 e. The topological polar surface area (TPSA) is 97.1 Å². The summed E-state index contributed by atoms with van der Waals surface area (Å²) in [5.74, 6) is 1.26. The van der Waals surface area contributed by atoms with Crippen molar-refractivity contribution in [2.24, 2.45) is 14.1 Å². The number of thiophene rings is 1. The molecular weight excluding hydrogens is 450 g/mol. The van der Waals surface area contributed by atoms with Gasteiger partial charge in [-0.2, -0.15) is 10.2 Å². The van der Waals surface area contributed by atoms with Gasteiger partial charge < -0.3 is 15.5 Å². The summed E-state index contributed by atoms with van der Waals surface area (Å²) in [6, 6.07) is 13.6. The third-order valence-electron chi connectivity index (χ3n) is 6.16. The van der Waals surface area contributed by atoms with Crippen molar-refractivity contribution in [3.63, 3.8) is 0 Å². The number of fused-ring (bicyclic) bond motifs is 1. The molecule has 2 N–H and O–H groups in total. The molecule has 1 aromatic carbocycles. The van der Waals surface area contributed by atoms with Gasteiger partial charge in [-0.3, -0.25) is 14.3 Å². The second kappa shape index (κ2) is 8.94. The maximum atomic E-state index is 12.9. The molecule has 4 aromatic rings. The van der Waals surface area contributed by atoms with E-state index in [4.69, 9.17) is 0 Å². The fourth-order valence-corrected chi connectivity index (χ4v) is 5.22. The van der Waals surface area contributed by atoms with E-state index in [1.54, 1.807) is 17.8 Å². The first kappa shape index (κ1) is 22.1. The molecule has 0 unspecified atom stereocenters. The van der Waals surface area contributed by atoms with Gasteiger partial charge in [0.05, 0.1) is 4.88 Å². The molecule has 1 atom stereocenters. The number of hydrogen-bond acceptors (Lipinski definition) is 7. The molecule has 5 rings (SSSR count). The van der Waals surface area contributed by atoms with Gasteiger partial charge in [0.25, 0.3) is 11.5 Å². The van der Waals surface area contributed by atoms with Crippen LogP contribution in [0.15, 0.2) is 47.3 Å². The Balaban J connectivity index is 1.32. The predicted molar refractivity (Wildman–Crippen MR) is 135 cm³/mol. The molecule has 0 spiro atoms. The summed E-state index contributed by atoms with van der Waals surface area (Å²) in [7, 11) is 3.50. The fraction of sp³-hybridized carbons (Fsp3) is 0.333. The van der Waals surface area contributed by atoms with Crippen LogP contribution in [0.25, 0.3) is 10.1 Å². The number of hydrogen-bond donors (Lipinski definition) is 2. The number of anilines is 3. The Morgan fingerprint density at radius 3 is 2.71 bits per heavy atom. The first-order valence-corrected chi connectivity index (χ1v) is 12.1. The van der Waals surface area contributed by atoms with Crippen LogP contribution in [-0.4, -0.2) is 44.6 Å². The van der Waals surface area contributed by atoms with Gasteiger partial charge in [0.1, 0.15) is 5.69 Å². The molecule has 176 valence electrons. The molecule has 1 aliphatic rings. The molecule has 9 nitrogen and oxygen atoms in total. The van der Waals surface area contributed by atoms with Gasteiger partial charge in [0, 0.05) is 55.8 Å². The van der Waals surface area contributed by atoms with Crippen LogP contribution in [0.4, 0.5) is 17.3 Å². The standard InChI is InChI=1S/C24H27N7O2S/c1-15-11-21(27-29(15)2)26-18-13-22(28-30(3)24(18)33)31-10-6-8-17(14-31)25-23(32)20-12-16-7-4-5-9-19(16)34-20/h4-5,7,9,11-13,17H,6,8,10,14H2,1-3H3,(H,25,32)(H,26,27)/t17-/m1/s1. The number of carbonyl (C=O) groups excluding carboxylic acids is 1. The lowest BCUT2D eigenvalue weighted by molar-refractivity contribution is 0.0937. The van der Waals surface area contributed by atoms with E-state index in [2.05, 4.69) is 25.7 Å². The fourth-order valence-electron chi connectivity index (χ4n) is 4.25. The number of nitrogens with zero attached hydrogens (tertiary/aromatic N) is 5. The number of carbonyl (C=O) groups is 1. The Bertz CT molecular complexity index is 1370. The van der Waals surface area contributed by atoms with Crippen LogP contribution in [0.3, 0.4) is 0 Å². The smallest absolute Gasteiger partial charge is 0.290 e. The lowest BCUT2D eigenvalue weighted by atomic mass is 10.1. The molecule has 1 fully saturated rings. The highest BCUT2D eigenvalue weighted by Gasteiger charge is 2.24. The minimum Gasteiger partial charge on any atom is -0.353 e. The van der Waals surface area contributed by atoms with Crippen LogP contribution in [0.2, 0.25) is 0 Å². The van der Waals surface area contributed by atoms with Crippen LogP contribution in [-0.2, 0) is 14.1 Å². The van der Waals surface area contributed by atoms with Crippen LogP contribution >= 0.6 is 11.3 Å². The summed E-state index contributed by atoms with van der Waals surface area (Å²) < 4.78 is 4.20. The summed E-state index contributed by atoms with van der Waals surface area (Å²) in [6.45, 7) is 3.39. The van der Waals surface area contributed by atoms with Gasteiger partial charge in [0.2, 0.25) is 0 Å². The molecule has 0 aliphatic carbocycles. The zero-order valence-corrected chi connectivity index (χ0v) is 20.2. The molecule has 34 heavy (non-hydrogen) atoms. The van der Waals surface area contributed by atoms with Gasteiger partial charge in [-0.25, -0.2) is 4.68 Å². The van der Waals surface area contributed by atoms with E-state index < -0.39 is 0 Å². The minimum atomic E-state index is -0.223. The molecule has 0 radical (unpaired) electrons. The molecule has 10 heteroatoms. The van der Waals surface area contributed by atoms with Gasteiger partial charge in [0.15, 0.2) is 11.6 Å². The molecule has 1 aliphatic heterocycles. The molecule has 4 heterocycles. The third-order valence-corrected chi connectivity index (χ3v) is 7.27. The monoisotopic (exact) mass is 477 g/mol. The lowest BCUT2D eigenvalue weighted by Crippen LogP contribution is -2.48.